The van der Waals surface area contributed by atoms with Gasteiger partial charge in [-0.25, -0.2) is 4.99 Å². The lowest BCUT2D eigenvalue weighted by atomic mass is 10.2. The van der Waals surface area contributed by atoms with Crippen molar-refractivity contribution in [3.05, 3.63) is 68.5 Å². The molecule has 0 aromatic heterocycles. The summed E-state index contributed by atoms with van der Waals surface area (Å²) in [5.41, 5.74) is 2.79. The molecule has 3 rings (SSSR count). The Labute approximate surface area is 161 Å². The van der Waals surface area contributed by atoms with Crippen LogP contribution in [0, 0.1) is 0 Å². The van der Waals surface area contributed by atoms with E-state index in [0.29, 0.717) is 25.7 Å². The van der Waals surface area contributed by atoms with Gasteiger partial charge in [0.15, 0.2) is 5.17 Å². The van der Waals surface area contributed by atoms with Gasteiger partial charge in [0, 0.05) is 7.05 Å². The fourth-order valence-electron chi connectivity index (χ4n) is 2.34. The van der Waals surface area contributed by atoms with E-state index in [9.17, 15) is 4.79 Å². The summed E-state index contributed by atoms with van der Waals surface area (Å²) < 4.78 is 0. The number of likely N-dealkylation sites (N-methyl/N-ethyl adjacent to an activating group) is 1. The van der Waals surface area contributed by atoms with Crippen molar-refractivity contribution in [3.8, 4) is 0 Å². The fourth-order valence-corrected chi connectivity index (χ4v) is 3.68. The van der Waals surface area contributed by atoms with Crippen LogP contribution < -0.4 is 0 Å². The van der Waals surface area contributed by atoms with Crippen LogP contribution in [0.25, 0.3) is 6.08 Å². The minimum atomic E-state index is -0.107. The molecule has 25 heavy (non-hydrogen) atoms. The van der Waals surface area contributed by atoms with E-state index in [1.807, 2.05) is 30.3 Å². The Bertz CT molecular complexity index is 875. The zero-order chi connectivity index (χ0) is 18.0. The highest BCUT2D eigenvalue weighted by Gasteiger charge is 2.30. The molecule has 0 saturated carbocycles. The molecule has 6 heteroatoms. The summed E-state index contributed by atoms with van der Waals surface area (Å²) in [6, 6.07) is 13.4. The molecule has 1 saturated heterocycles. The van der Waals surface area contributed by atoms with Gasteiger partial charge in [-0.3, -0.25) is 9.69 Å². The molecular formula is C19H16Cl2N2OS. The summed E-state index contributed by atoms with van der Waals surface area (Å²) >= 11 is 13.6. The van der Waals surface area contributed by atoms with Crippen LogP contribution in [-0.4, -0.2) is 23.0 Å². The van der Waals surface area contributed by atoms with Crippen LogP contribution in [0.1, 0.15) is 18.1 Å². The van der Waals surface area contributed by atoms with Crippen molar-refractivity contribution >= 4 is 57.8 Å². The first-order valence-corrected chi connectivity index (χ1v) is 9.36. The number of rotatable bonds is 3. The van der Waals surface area contributed by atoms with Gasteiger partial charge in [0.1, 0.15) is 0 Å². The average molecular weight is 391 g/mol. The second kappa shape index (κ2) is 7.65. The van der Waals surface area contributed by atoms with Gasteiger partial charge in [0.2, 0.25) is 0 Å². The number of thioether (sulfide) groups is 1. The van der Waals surface area contributed by atoms with Crippen LogP contribution in [-0.2, 0) is 11.2 Å². The third-order valence-corrected chi connectivity index (χ3v) is 5.73. The lowest BCUT2D eigenvalue weighted by Crippen LogP contribution is -2.23. The van der Waals surface area contributed by atoms with E-state index in [1.165, 1.54) is 17.3 Å². The average Bonchev–Trinajstić information content (AvgIpc) is 2.87. The number of hydrogen-bond donors (Lipinski definition) is 0. The third kappa shape index (κ3) is 3.92. The first kappa shape index (κ1) is 18.1. The Morgan fingerprint density at radius 3 is 2.56 bits per heavy atom. The molecule has 0 spiro atoms. The van der Waals surface area contributed by atoms with Crippen molar-refractivity contribution in [1.82, 2.24) is 4.90 Å². The molecular weight excluding hydrogens is 375 g/mol. The number of amidine groups is 1. The third-order valence-electron chi connectivity index (χ3n) is 3.84. The summed E-state index contributed by atoms with van der Waals surface area (Å²) in [4.78, 5) is 19.2. The van der Waals surface area contributed by atoms with Gasteiger partial charge in [0.05, 0.1) is 20.6 Å². The molecule has 0 bridgehead atoms. The maximum absolute atomic E-state index is 12.5. The fraction of sp³-hybridized carbons (Fsp3) is 0.158. The molecule has 2 aromatic carbocycles. The normalized spacial score (nSPS) is 17.8. The molecule has 0 atom stereocenters. The molecule has 128 valence electrons. The Morgan fingerprint density at radius 2 is 1.88 bits per heavy atom. The van der Waals surface area contributed by atoms with E-state index in [2.05, 4.69) is 11.9 Å². The first-order chi connectivity index (χ1) is 12.0. The van der Waals surface area contributed by atoms with E-state index in [-0.39, 0.29) is 5.91 Å². The van der Waals surface area contributed by atoms with E-state index < -0.39 is 0 Å². The van der Waals surface area contributed by atoms with Gasteiger partial charge in [-0.2, -0.15) is 0 Å². The second-order valence-corrected chi connectivity index (χ2v) is 7.33. The molecule has 1 fully saturated rings. The van der Waals surface area contributed by atoms with Crippen LogP contribution in [0.3, 0.4) is 0 Å². The number of aryl methyl sites for hydroxylation is 1. The summed E-state index contributed by atoms with van der Waals surface area (Å²) in [6.07, 6.45) is 2.73. The minimum Gasteiger partial charge on any atom is -0.290 e. The smallest absolute Gasteiger partial charge is 0.266 e. The zero-order valence-corrected chi connectivity index (χ0v) is 16.1. The number of nitrogens with zero attached hydrogens (tertiary/aromatic N) is 2. The monoisotopic (exact) mass is 390 g/mol. The molecule has 3 nitrogen and oxygen atoms in total. The van der Waals surface area contributed by atoms with Crippen LogP contribution >= 0.6 is 35.0 Å². The maximum Gasteiger partial charge on any atom is 0.266 e. The lowest BCUT2D eigenvalue weighted by Gasteiger charge is -2.07. The van der Waals surface area contributed by atoms with Gasteiger partial charge in [-0.15, -0.1) is 0 Å². The molecule has 1 aliphatic heterocycles. The predicted molar refractivity (Wildman–Crippen MR) is 108 cm³/mol. The SMILES string of the molecule is CCc1ccc(N=C2S/C(=C/c3cccc(Cl)c3Cl)C(=O)N2C)cc1. The van der Waals surface area contributed by atoms with E-state index in [0.717, 1.165) is 12.1 Å². The number of carbonyl (C=O) groups is 1. The predicted octanol–water partition coefficient (Wildman–Crippen LogP) is 5.79. The van der Waals surface area contributed by atoms with E-state index in [4.69, 9.17) is 23.2 Å². The number of amides is 1. The topological polar surface area (TPSA) is 32.7 Å². The van der Waals surface area contributed by atoms with Crippen molar-refractivity contribution < 1.29 is 4.79 Å². The highest BCUT2D eigenvalue weighted by atomic mass is 35.5. The molecule has 0 N–H and O–H groups in total. The van der Waals surface area contributed by atoms with Crippen molar-refractivity contribution in [2.75, 3.05) is 7.05 Å². The highest BCUT2D eigenvalue weighted by Crippen LogP contribution is 2.35. The quantitative estimate of drug-likeness (QED) is 0.621. The molecule has 0 aliphatic carbocycles. The number of benzene rings is 2. The van der Waals surface area contributed by atoms with Crippen molar-refractivity contribution in [2.45, 2.75) is 13.3 Å². The van der Waals surface area contributed by atoms with E-state index >= 15 is 0 Å². The summed E-state index contributed by atoms with van der Waals surface area (Å²) in [6.45, 7) is 2.11. The van der Waals surface area contributed by atoms with Crippen LogP contribution in [0.15, 0.2) is 52.4 Å². The molecule has 2 aromatic rings. The zero-order valence-electron chi connectivity index (χ0n) is 13.8. The lowest BCUT2D eigenvalue weighted by molar-refractivity contribution is -0.121. The minimum absolute atomic E-state index is 0.107. The Hall–Kier alpha value is -1.75. The number of aliphatic imine (C=N–C) groups is 1. The standard InChI is InChI=1S/C19H16Cl2N2OS/c1-3-12-7-9-14(10-8-12)22-19-23(2)18(24)16(25-19)11-13-5-4-6-15(20)17(13)21/h4-11H,3H2,1-2H3/b16-11+,22-19?. The van der Waals surface area contributed by atoms with Crippen LogP contribution in [0.5, 0.6) is 0 Å². The van der Waals surface area contributed by atoms with Crippen LogP contribution in [0.4, 0.5) is 5.69 Å². The van der Waals surface area contributed by atoms with Crippen molar-refractivity contribution in [1.29, 1.82) is 0 Å². The van der Waals surface area contributed by atoms with Crippen molar-refractivity contribution in [3.63, 3.8) is 0 Å². The Balaban J connectivity index is 1.90. The summed E-state index contributed by atoms with van der Waals surface area (Å²) in [5.74, 6) is -0.107. The molecule has 1 amide bonds. The molecule has 1 heterocycles. The van der Waals surface area contributed by atoms with Gasteiger partial charge >= 0.3 is 0 Å². The maximum atomic E-state index is 12.5. The number of hydrogen-bond acceptors (Lipinski definition) is 3. The van der Waals surface area contributed by atoms with Crippen molar-refractivity contribution in [2.24, 2.45) is 4.99 Å². The van der Waals surface area contributed by atoms with Crippen LogP contribution in [0.2, 0.25) is 10.0 Å². The molecule has 0 radical (unpaired) electrons. The van der Waals surface area contributed by atoms with Gasteiger partial charge in [0.25, 0.3) is 5.91 Å². The molecule has 1 aliphatic rings. The van der Waals surface area contributed by atoms with Gasteiger partial charge < -0.3 is 0 Å². The summed E-state index contributed by atoms with van der Waals surface area (Å²) in [5, 5.41) is 1.54. The van der Waals surface area contributed by atoms with Gasteiger partial charge in [-0.05, 0) is 53.6 Å². The highest BCUT2D eigenvalue weighted by molar-refractivity contribution is 8.18. The number of carbonyl (C=O) groups excluding carboxylic acids is 1. The Morgan fingerprint density at radius 1 is 1.16 bits per heavy atom. The molecule has 0 unspecified atom stereocenters. The second-order valence-electron chi connectivity index (χ2n) is 5.53. The summed E-state index contributed by atoms with van der Waals surface area (Å²) in [7, 11) is 1.72. The number of halogens is 2. The van der Waals surface area contributed by atoms with Gasteiger partial charge in [-0.1, -0.05) is 54.4 Å². The first-order valence-electron chi connectivity index (χ1n) is 7.79. The van der Waals surface area contributed by atoms with E-state index in [1.54, 1.807) is 30.2 Å². The largest absolute Gasteiger partial charge is 0.290 e. The Kier molecular flexibility index (Phi) is 5.52.